The zero-order valence-corrected chi connectivity index (χ0v) is 17.6. The van der Waals surface area contributed by atoms with Gasteiger partial charge in [-0.2, -0.15) is 13.2 Å². The van der Waals surface area contributed by atoms with E-state index < -0.39 is 29.4 Å². The number of carboxylic acid groups (broad SMARTS) is 1. The molecule has 3 rings (SSSR count). The lowest BCUT2D eigenvalue weighted by molar-refractivity contribution is -0.141. The lowest BCUT2D eigenvalue weighted by atomic mass is 9.84. The largest absolute Gasteiger partial charge is 0.481 e. The molecule has 3 aromatic carbocycles. The van der Waals surface area contributed by atoms with Crippen molar-refractivity contribution in [2.24, 2.45) is 5.92 Å². The van der Waals surface area contributed by atoms with Crippen LogP contribution >= 0.6 is 0 Å². The van der Waals surface area contributed by atoms with Crippen molar-refractivity contribution in [1.82, 2.24) is 0 Å². The van der Waals surface area contributed by atoms with E-state index in [0.717, 1.165) is 12.1 Å². The molecule has 0 fully saturated rings. The van der Waals surface area contributed by atoms with Crippen LogP contribution in [-0.2, 0) is 11.0 Å². The van der Waals surface area contributed by atoms with Gasteiger partial charge in [0, 0.05) is 5.69 Å². The molecule has 168 valence electrons. The molecule has 3 aromatic rings. The molecule has 3 nitrogen and oxygen atoms in total. The Hall–Kier alpha value is -3.35. The number of halogens is 4. The second kappa shape index (κ2) is 9.42. The number of hydrogen-bond acceptors (Lipinski definition) is 2. The topological polar surface area (TPSA) is 49.3 Å². The third-order valence-corrected chi connectivity index (χ3v) is 5.06. The predicted octanol–water partition coefficient (Wildman–Crippen LogP) is 7.47. The Kier molecular flexibility index (Phi) is 6.87. The van der Waals surface area contributed by atoms with Gasteiger partial charge < -0.3 is 10.4 Å². The van der Waals surface area contributed by atoms with E-state index in [-0.39, 0.29) is 29.3 Å². The number of alkyl halides is 3. The van der Waals surface area contributed by atoms with Crippen LogP contribution in [0.25, 0.3) is 11.1 Å². The standard InChI is InChI=1S/C25H23F4NO2/c1-15(2)12-21(24(31)32)20-13-17(16-6-4-3-5-7-16)14-22(23(20)25(27,28)29)30-19-10-8-18(26)9-11-19/h3-11,13-15,21,30H,12H2,1-2H3,(H,31,32). The van der Waals surface area contributed by atoms with E-state index in [2.05, 4.69) is 5.32 Å². The summed E-state index contributed by atoms with van der Waals surface area (Å²) in [5.41, 5.74) is -0.259. The van der Waals surface area contributed by atoms with Crippen molar-refractivity contribution in [3.8, 4) is 11.1 Å². The maximum absolute atomic E-state index is 14.3. The van der Waals surface area contributed by atoms with Crippen molar-refractivity contribution < 1.29 is 27.5 Å². The Morgan fingerprint density at radius 2 is 1.59 bits per heavy atom. The quantitative estimate of drug-likeness (QED) is 0.371. The zero-order chi connectivity index (χ0) is 23.5. The summed E-state index contributed by atoms with van der Waals surface area (Å²) >= 11 is 0. The van der Waals surface area contributed by atoms with E-state index in [9.17, 15) is 27.5 Å². The molecule has 0 spiro atoms. The third kappa shape index (κ3) is 5.46. The van der Waals surface area contributed by atoms with Crippen LogP contribution in [0.2, 0.25) is 0 Å². The fraction of sp³-hybridized carbons (Fsp3) is 0.240. The highest BCUT2D eigenvalue weighted by Gasteiger charge is 2.40. The molecule has 0 aliphatic carbocycles. The van der Waals surface area contributed by atoms with Gasteiger partial charge in [-0.3, -0.25) is 4.79 Å². The van der Waals surface area contributed by atoms with Crippen LogP contribution in [0.15, 0.2) is 66.7 Å². The van der Waals surface area contributed by atoms with Gasteiger partial charge in [-0.05, 0) is 65.4 Å². The fourth-order valence-corrected chi connectivity index (χ4v) is 3.67. The number of carboxylic acids is 1. The Morgan fingerprint density at radius 3 is 2.12 bits per heavy atom. The van der Waals surface area contributed by atoms with Gasteiger partial charge in [0.1, 0.15) is 5.82 Å². The first-order valence-corrected chi connectivity index (χ1v) is 10.1. The van der Waals surface area contributed by atoms with Gasteiger partial charge in [-0.25, -0.2) is 4.39 Å². The molecule has 0 radical (unpaired) electrons. The lowest BCUT2D eigenvalue weighted by Crippen LogP contribution is -2.21. The summed E-state index contributed by atoms with van der Waals surface area (Å²) in [7, 11) is 0. The van der Waals surface area contributed by atoms with Gasteiger partial charge in [0.2, 0.25) is 0 Å². The first-order valence-electron chi connectivity index (χ1n) is 10.1. The van der Waals surface area contributed by atoms with Gasteiger partial charge in [0.25, 0.3) is 0 Å². The van der Waals surface area contributed by atoms with Gasteiger partial charge in [0.05, 0.1) is 17.2 Å². The van der Waals surface area contributed by atoms with Crippen molar-refractivity contribution in [2.45, 2.75) is 32.4 Å². The number of rotatable bonds is 7. The molecule has 0 heterocycles. The molecule has 0 bridgehead atoms. The average molecular weight is 445 g/mol. The van der Waals surface area contributed by atoms with Crippen molar-refractivity contribution in [2.75, 3.05) is 5.32 Å². The SMILES string of the molecule is CC(C)CC(C(=O)O)c1cc(-c2ccccc2)cc(Nc2ccc(F)cc2)c1C(F)(F)F. The first kappa shape index (κ1) is 23.3. The summed E-state index contributed by atoms with van der Waals surface area (Å²) in [6.07, 6.45) is -4.76. The summed E-state index contributed by atoms with van der Waals surface area (Å²) in [6, 6.07) is 16.4. The third-order valence-electron chi connectivity index (χ3n) is 5.06. The zero-order valence-electron chi connectivity index (χ0n) is 17.6. The van der Waals surface area contributed by atoms with E-state index in [0.29, 0.717) is 11.1 Å². The number of anilines is 2. The maximum atomic E-state index is 14.3. The van der Waals surface area contributed by atoms with Gasteiger partial charge in [-0.15, -0.1) is 0 Å². The molecule has 0 saturated carbocycles. The summed E-state index contributed by atoms with van der Waals surface area (Å²) in [6.45, 7) is 3.53. The molecule has 32 heavy (non-hydrogen) atoms. The van der Waals surface area contributed by atoms with E-state index in [1.807, 2.05) is 0 Å². The number of carbonyl (C=O) groups is 1. The van der Waals surface area contributed by atoms with E-state index >= 15 is 0 Å². The lowest BCUT2D eigenvalue weighted by Gasteiger charge is -2.25. The molecule has 0 aromatic heterocycles. The van der Waals surface area contributed by atoms with Crippen molar-refractivity contribution >= 4 is 17.3 Å². The normalized spacial score (nSPS) is 12.6. The Bertz CT molecular complexity index is 1080. The van der Waals surface area contributed by atoms with Crippen molar-refractivity contribution in [3.05, 3.63) is 83.7 Å². The van der Waals surface area contributed by atoms with Crippen LogP contribution in [0, 0.1) is 11.7 Å². The van der Waals surface area contributed by atoms with Crippen molar-refractivity contribution in [1.29, 1.82) is 0 Å². The summed E-state index contributed by atoms with van der Waals surface area (Å²) < 4.78 is 56.1. The molecule has 7 heteroatoms. The van der Waals surface area contributed by atoms with Crippen LogP contribution in [0.1, 0.15) is 37.3 Å². The summed E-state index contributed by atoms with van der Waals surface area (Å²) in [5, 5.41) is 12.5. The smallest absolute Gasteiger partial charge is 0.418 e. The molecule has 1 unspecified atom stereocenters. The van der Waals surface area contributed by atoms with Gasteiger partial charge >= 0.3 is 12.1 Å². The monoisotopic (exact) mass is 445 g/mol. The van der Waals surface area contributed by atoms with Crippen LogP contribution in [0.5, 0.6) is 0 Å². The van der Waals surface area contributed by atoms with Crippen LogP contribution in [0.4, 0.5) is 28.9 Å². The van der Waals surface area contributed by atoms with Crippen LogP contribution in [-0.4, -0.2) is 11.1 Å². The Morgan fingerprint density at radius 1 is 0.969 bits per heavy atom. The minimum Gasteiger partial charge on any atom is -0.481 e. The number of benzene rings is 3. The highest BCUT2D eigenvalue weighted by Crippen LogP contribution is 2.45. The minimum atomic E-state index is -4.81. The molecular formula is C25H23F4NO2. The van der Waals surface area contributed by atoms with E-state index in [4.69, 9.17) is 0 Å². The van der Waals surface area contributed by atoms with Crippen LogP contribution < -0.4 is 5.32 Å². The number of aliphatic carboxylic acids is 1. The maximum Gasteiger partial charge on any atom is 0.418 e. The molecule has 0 amide bonds. The Balaban J connectivity index is 2.29. The van der Waals surface area contributed by atoms with E-state index in [1.165, 1.54) is 24.3 Å². The van der Waals surface area contributed by atoms with Gasteiger partial charge in [0.15, 0.2) is 0 Å². The molecule has 0 aliphatic rings. The number of hydrogen-bond donors (Lipinski definition) is 2. The highest BCUT2D eigenvalue weighted by molar-refractivity contribution is 5.82. The minimum absolute atomic E-state index is 0.0483. The highest BCUT2D eigenvalue weighted by atomic mass is 19.4. The molecule has 2 N–H and O–H groups in total. The van der Waals surface area contributed by atoms with Crippen LogP contribution in [0.3, 0.4) is 0 Å². The second-order valence-corrected chi connectivity index (χ2v) is 8.00. The molecule has 1 atom stereocenters. The average Bonchev–Trinajstić information content (AvgIpc) is 2.72. The fourth-order valence-electron chi connectivity index (χ4n) is 3.67. The summed E-state index contributed by atoms with van der Waals surface area (Å²) in [5.74, 6) is -3.31. The predicted molar refractivity (Wildman–Crippen MR) is 116 cm³/mol. The summed E-state index contributed by atoms with van der Waals surface area (Å²) in [4.78, 5) is 12.0. The number of nitrogens with one attached hydrogen (secondary N) is 1. The van der Waals surface area contributed by atoms with Crippen molar-refractivity contribution in [3.63, 3.8) is 0 Å². The molecule has 0 aliphatic heterocycles. The first-order chi connectivity index (χ1) is 15.1. The molecular weight excluding hydrogens is 422 g/mol. The van der Waals surface area contributed by atoms with E-state index in [1.54, 1.807) is 44.2 Å². The van der Waals surface area contributed by atoms with Gasteiger partial charge in [-0.1, -0.05) is 44.2 Å². The Labute approximate surface area is 183 Å². The second-order valence-electron chi connectivity index (χ2n) is 8.00. The molecule has 0 saturated heterocycles.